The van der Waals surface area contributed by atoms with Gasteiger partial charge in [0.05, 0.1) is 25.3 Å². The number of nitrogens with two attached hydrogens (primary N) is 9. The van der Waals surface area contributed by atoms with Gasteiger partial charge in [0.2, 0.25) is 124 Å². The normalized spacial score (nSPS) is 15.2. The zero-order chi connectivity index (χ0) is 104. The summed E-state index contributed by atoms with van der Waals surface area (Å²) in [5.74, 6) is -30.5. The molecule has 0 fully saturated rings. The second kappa shape index (κ2) is 64.1. The molecule has 0 aliphatic carbocycles. The van der Waals surface area contributed by atoms with Crippen LogP contribution in [0, 0.1) is 29.6 Å². The molecule has 0 saturated carbocycles. The number of hydrogen-bond donors (Lipinski definition) is 28. The summed E-state index contributed by atoms with van der Waals surface area (Å²) < 4.78 is 0. The van der Waals surface area contributed by atoms with Crippen LogP contribution in [0.3, 0.4) is 0 Å². The number of rotatable bonds is 71. The lowest BCUT2D eigenvalue weighted by molar-refractivity contribution is -0.144. The lowest BCUT2D eigenvalue weighted by atomic mass is 9.96. The van der Waals surface area contributed by atoms with Crippen LogP contribution in [0.5, 0.6) is 0 Å². The molecule has 18 atom stereocenters. The second-order valence-corrected chi connectivity index (χ2v) is 34.9. The maximum Gasteiger partial charge on any atom is 0.326 e. The highest BCUT2D eigenvalue weighted by Gasteiger charge is 2.42. The lowest BCUT2D eigenvalue weighted by Crippen LogP contribution is -2.62. The SMILES string of the molecule is CC[C@H](C)[C@H](NC(=O)[C@H](CCCCN)NC(=O)[C@H](CCCCN)NC(=O)[C@@H](NC(=O)[C@H](CC(C)C)NC(=O)[C@H](CC(N)=O)NC(=O)[C@H](CCC(N)=O)NC(=O)[C@@H](NC(=O)[C@H](CCC(=O)O)NC(=O)[C@H](C)NC(=O)[C@H](CC(N)=O)NC(=O)[C@H](CCC(=O)O)NC(=O)[C@H](CC(C)C)NC(=O)[C@H](C)N)C(C)C)C(C)C)C(=O)N[C@@H](CCC(N)=O)C(=O)N[C@@H](CCCCN)C(=O)N[C@@H](CC(N)=O)C(=O)O. The minimum absolute atomic E-state index is 0.0174. The molecule has 0 heterocycles. The van der Waals surface area contributed by atoms with Gasteiger partial charge in [-0.2, -0.15) is 0 Å². The van der Waals surface area contributed by atoms with Gasteiger partial charge in [0.1, 0.15) is 96.7 Å². The van der Waals surface area contributed by atoms with Crippen LogP contribution in [0.2, 0.25) is 0 Å². The fourth-order valence-corrected chi connectivity index (χ4v) is 13.3. The van der Waals surface area contributed by atoms with Crippen LogP contribution in [-0.2, 0) is 115 Å². The molecule has 0 saturated heterocycles. The Hall–Kier alpha value is -12.9. The molecule has 0 rings (SSSR count). The predicted molar refractivity (Wildman–Crippen MR) is 487 cm³/mol. The minimum atomic E-state index is -2.00. The highest BCUT2D eigenvalue weighted by molar-refractivity contribution is 6.03. The van der Waals surface area contributed by atoms with E-state index in [2.05, 4.69) is 85.1 Å². The summed E-state index contributed by atoms with van der Waals surface area (Å²) in [4.78, 5) is 323. The van der Waals surface area contributed by atoms with Crippen LogP contribution in [0.25, 0.3) is 0 Å². The van der Waals surface area contributed by atoms with Gasteiger partial charge in [-0.15, -0.1) is 0 Å². The fraction of sp³-hybridized carbons (Fsp3) is 0.714. The first-order valence-corrected chi connectivity index (χ1v) is 45.3. The molecule has 52 heteroatoms. The van der Waals surface area contributed by atoms with Crippen LogP contribution < -0.4 is 137 Å². The maximum atomic E-state index is 14.7. The average Bonchev–Trinajstić information content (AvgIpc) is 0.849. The van der Waals surface area contributed by atoms with Crippen molar-refractivity contribution in [2.75, 3.05) is 19.6 Å². The Morgan fingerprint density at radius 1 is 0.250 bits per heavy atom. The first-order chi connectivity index (χ1) is 63.4. The van der Waals surface area contributed by atoms with Crippen molar-refractivity contribution in [2.24, 2.45) is 81.2 Å². The first-order valence-electron chi connectivity index (χ1n) is 45.3. The van der Waals surface area contributed by atoms with Crippen molar-refractivity contribution in [3.63, 3.8) is 0 Å². The number of carbonyl (C=O) groups is 24. The molecule has 0 aliphatic heterocycles. The molecule has 0 unspecified atom stereocenters. The highest BCUT2D eigenvalue weighted by atomic mass is 16.4. The average molecular weight is 1940 g/mol. The lowest BCUT2D eigenvalue weighted by Gasteiger charge is -2.30. The first kappa shape index (κ1) is 123. The maximum absolute atomic E-state index is 14.7. The van der Waals surface area contributed by atoms with E-state index in [9.17, 15) is 130 Å². The molecule has 770 valence electrons. The van der Waals surface area contributed by atoms with Gasteiger partial charge in [-0.1, -0.05) is 75.7 Å². The monoisotopic (exact) mass is 1940 g/mol. The number of hydrogen-bond acceptors (Lipinski definition) is 28. The van der Waals surface area contributed by atoms with Gasteiger partial charge in [-0.25, -0.2) is 4.79 Å². The minimum Gasteiger partial charge on any atom is -0.481 e. The van der Waals surface area contributed by atoms with Gasteiger partial charge in [-0.05, 0) is 159 Å². The van der Waals surface area contributed by atoms with Gasteiger partial charge in [-0.3, -0.25) is 110 Å². The summed E-state index contributed by atoms with van der Waals surface area (Å²) in [6.45, 7) is 18.6. The largest absolute Gasteiger partial charge is 0.481 e. The molecular weight excluding hydrogens is 1790 g/mol. The fourth-order valence-electron chi connectivity index (χ4n) is 13.3. The number of unbranched alkanes of at least 4 members (excludes halogenated alkanes) is 3. The molecule has 0 aromatic heterocycles. The van der Waals surface area contributed by atoms with E-state index < -0.39 is 339 Å². The van der Waals surface area contributed by atoms with Crippen molar-refractivity contribution in [2.45, 2.75) is 333 Å². The molecule has 136 heavy (non-hydrogen) atoms. The van der Waals surface area contributed by atoms with Crippen LogP contribution in [0.1, 0.15) is 231 Å². The summed E-state index contributed by atoms with van der Waals surface area (Å²) in [5.41, 5.74) is 50.2. The van der Waals surface area contributed by atoms with Gasteiger partial charge < -0.3 is 152 Å². The van der Waals surface area contributed by atoms with Crippen molar-refractivity contribution < 1.29 is 130 Å². The molecule has 37 N–H and O–H groups in total. The Morgan fingerprint density at radius 2 is 0.485 bits per heavy atom. The number of amides is 21. The highest BCUT2D eigenvalue weighted by Crippen LogP contribution is 2.18. The zero-order valence-electron chi connectivity index (χ0n) is 79.4. The standard InChI is InChI=1S/C84H147N25O27/c1-13-43(10)67(83(134)101-49(23-27-58(89)110)72(123)96-46(20-14-17-31-85)71(122)106-57(84(135)136)38-62(93)114)109-75(126)48(22-16-19-33-87)97-70(121)47(21-15-18-32-86)99-81(132)66(42(8)9)108-80(131)54(35-40(4)5)103-79(130)56(37-61(92)113)105-73(124)50(24-28-59(90)111)100-82(133)65(41(6)7)107-76(127)52(26-30-64(117)118)95-69(120)45(12)94-77(128)55(36-60(91)112)104-74(125)51(25-29-63(115)116)98-78(129)53(34-39(2)3)102-68(119)44(11)88/h39-57,65-67H,13-38,85-88H2,1-12H3,(H2,89,110)(H2,90,111)(H2,91,112)(H2,92,113)(H2,93,114)(H,94,128)(H,95,120)(H,96,123)(H,97,121)(H,98,129)(H,99,132)(H,100,133)(H,101,134)(H,102,119)(H,103,130)(H,104,125)(H,105,124)(H,106,122)(H,107,127)(H,108,131)(H,109,126)(H,115,116)(H,117,118)(H,135,136)/t43-,44-,45-,46-,47-,48-,49-,50-,51-,52-,53-,54-,55-,56-,57-,65-,66-,67-/m0/s1. The van der Waals surface area contributed by atoms with E-state index in [4.69, 9.17) is 51.6 Å². The molecule has 0 spiro atoms. The molecule has 0 aromatic rings. The van der Waals surface area contributed by atoms with Crippen LogP contribution in [-0.4, -0.2) is 280 Å². The zero-order valence-corrected chi connectivity index (χ0v) is 79.4. The van der Waals surface area contributed by atoms with Crippen LogP contribution >= 0.6 is 0 Å². The number of nitrogens with one attached hydrogen (secondary N) is 16. The summed E-state index contributed by atoms with van der Waals surface area (Å²) >= 11 is 0. The second-order valence-electron chi connectivity index (χ2n) is 34.9. The third-order valence-corrected chi connectivity index (χ3v) is 21.2. The summed E-state index contributed by atoms with van der Waals surface area (Å²) in [7, 11) is 0. The van der Waals surface area contributed by atoms with Crippen molar-refractivity contribution >= 4 is 142 Å². The quantitative estimate of drug-likeness (QED) is 0.0252. The number of primary amides is 5. The molecule has 0 aromatic carbocycles. The van der Waals surface area contributed by atoms with E-state index in [0.29, 0.717) is 19.3 Å². The molecule has 0 aliphatic rings. The third-order valence-electron chi connectivity index (χ3n) is 21.2. The van der Waals surface area contributed by atoms with Crippen molar-refractivity contribution in [3.8, 4) is 0 Å². The van der Waals surface area contributed by atoms with Crippen molar-refractivity contribution in [1.29, 1.82) is 0 Å². The summed E-state index contributed by atoms with van der Waals surface area (Å²) in [5, 5.41) is 67.5. The Labute approximate surface area is 788 Å². The predicted octanol–water partition coefficient (Wildman–Crippen LogP) is -9.08. The third kappa shape index (κ3) is 49.4. The number of carboxylic acid groups (broad SMARTS) is 3. The molecular formula is C84H147N25O27. The number of carbonyl (C=O) groups excluding carboxylic acids is 21. The number of aliphatic carboxylic acids is 3. The van der Waals surface area contributed by atoms with Crippen LogP contribution in [0.15, 0.2) is 0 Å². The van der Waals surface area contributed by atoms with Gasteiger partial charge in [0.15, 0.2) is 0 Å². The topological polar surface area (TPSA) is 897 Å². The van der Waals surface area contributed by atoms with E-state index >= 15 is 0 Å². The Bertz CT molecular complexity index is 4100. The van der Waals surface area contributed by atoms with Crippen molar-refractivity contribution in [3.05, 3.63) is 0 Å². The van der Waals surface area contributed by atoms with E-state index in [-0.39, 0.29) is 83.3 Å². The Balaban J connectivity index is 7.33. The molecule has 0 radical (unpaired) electrons. The van der Waals surface area contributed by atoms with Gasteiger partial charge in [0, 0.05) is 25.7 Å². The van der Waals surface area contributed by atoms with E-state index in [0.717, 1.165) is 6.92 Å². The van der Waals surface area contributed by atoms with E-state index in [1.165, 1.54) is 34.6 Å². The van der Waals surface area contributed by atoms with E-state index in [1.807, 2.05) is 0 Å². The van der Waals surface area contributed by atoms with Crippen molar-refractivity contribution in [1.82, 2.24) is 85.1 Å². The number of carboxylic acids is 3. The summed E-state index contributed by atoms with van der Waals surface area (Å²) in [6.07, 6.45) is -6.63. The Kier molecular flexibility index (Phi) is 58.1. The molecule has 0 bridgehead atoms. The Morgan fingerprint density at radius 3 is 0.772 bits per heavy atom. The molecule has 52 nitrogen and oxygen atoms in total. The van der Waals surface area contributed by atoms with Crippen LogP contribution in [0.4, 0.5) is 0 Å². The van der Waals surface area contributed by atoms with Gasteiger partial charge >= 0.3 is 17.9 Å². The molecule has 21 amide bonds. The van der Waals surface area contributed by atoms with Gasteiger partial charge in [0.25, 0.3) is 0 Å². The summed E-state index contributed by atoms with van der Waals surface area (Å²) in [6, 6.07) is -27.8. The smallest absolute Gasteiger partial charge is 0.326 e. The van der Waals surface area contributed by atoms with E-state index in [1.54, 1.807) is 41.5 Å².